The summed E-state index contributed by atoms with van der Waals surface area (Å²) in [7, 11) is 0. The monoisotopic (exact) mass is 287 g/mol. The van der Waals surface area contributed by atoms with E-state index in [4.69, 9.17) is 9.47 Å². The van der Waals surface area contributed by atoms with Crippen molar-refractivity contribution in [3.8, 4) is 0 Å². The fourth-order valence-corrected chi connectivity index (χ4v) is 2.49. The molecule has 118 valence electrons. The molecule has 0 radical (unpaired) electrons. The fourth-order valence-electron chi connectivity index (χ4n) is 2.49. The summed E-state index contributed by atoms with van der Waals surface area (Å²) < 4.78 is 11.2. The highest BCUT2D eigenvalue weighted by molar-refractivity contribution is 5.69. The Morgan fingerprint density at radius 2 is 1.85 bits per heavy atom. The first-order valence-electron chi connectivity index (χ1n) is 7.25. The second-order valence-corrected chi connectivity index (χ2v) is 7.66. The van der Waals surface area contributed by atoms with Crippen LogP contribution < -0.4 is 5.32 Å². The lowest BCUT2D eigenvalue weighted by Gasteiger charge is -2.31. The third-order valence-corrected chi connectivity index (χ3v) is 3.15. The molecule has 1 rings (SSSR count). The first kappa shape index (κ1) is 17.2. The van der Waals surface area contributed by atoms with E-state index in [2.05, 4.69) is 5.32 Å². The number of hydrogen-bond acceptors (Lipinski definition) is 4. The van der Waals surface area contributed by atoms with Crippen molar-refractivity contribution in [1.29, 1.82) is 0 Å². The summed E-state index contributed by atoms with van der Waals surface area (Å²) >= 11 is 0. The molecule has 20 heavy (non-hydrogen) atoms. The Hall–Kier alpha value is -0.810. The molecule has 0 aliphatic heterocycles. The third-order valence-electron chi connectivity index (χ3n) is 3.15. The molecule has 0 bridgehead atoms. The number of amides is 1. The van der Waals surface area contributed by atoms with Gasteiger partial charge < -0.3 is 19.9 Å². The van der Waals surface area contributed by atoms with Crippen molar-refractivity contribution >= 4 is 6.09 Å². The van der Waals surface area contributed by atoms with Crippen LogP contribution in [0.4, 0.5) is 4.79 Å². The van der Waals surface area contributed by atoms with E-state index in [-0.39, 0.29) is 18.3 Å². The maximum Gasteiger partial charge on any atom is 0.408 e. The molecular weight excluding hydrogens is 258 g/mol. The molecule has 2 unspecified atom stereocenters. The lowest BCUT2D eigenvalue weighted by atomic mass is 9.99. The van der Waals surface area contributed by atoms with Crippen LogP contribution in [-0.2, 0) is 9.47 Å². The smallest absolute Gasteiger partial charge is 0.408 e. The number of rotatable bonds is 3. The highest BCUT2D eigenvalue weighted by atomic mass is 16.6. The summed E-state index contributed by atoms with van der Waals surface area (Å²) in [4.78, 5) is 11.9. The van der Waals surface area contributed by atoms with Crippen LogP contribution in [0, 0.1) is 0 Å². The molecule has 2 atom stereocenters. The van der Waals surface area contributed by atoms with Gasteiger partial charge in [0.1, 0.15) is 5.60 Å². The van der Waals surface area contributed by atoms with Crippen LogP contribution in [-0.4, -0.2) is 40.7 Å². The zero-order valence-electron chi connectivity index (χ0n) is 13.6. The van der Waals surface area contributed by atoms with Crippen molar-refractivity contribution in [1.82, 2.24) is 5.32 Å². The molecule has 1 fully saturated rings. The van der Waals surface area contributed by atoms with Gasteiger partial charge in [-0.05, 0) is 60.8 Å². The Morgan fingerprint density at radius 1 is 1.25 bits per heavy atom. The maximum absolute atomic E-state index is 11.9. The Morgan fingerprint density at radius 3 is 2.30 bits per heavy atom. The summed E-state index contributed by atoms with van der Waals surface area (Å²) in [6, 6.07) is 0. The predicted octanol–water partition coefficient (Wildman–Crippen LogP) is 2.61. The number of carbonyl (C=O) groups excluding carboxylic acids is 1. The molecule has 5 nitrogen and oxygen atoms in total. The molecule has 0 heterocycles. The van der Waals surface area contributed by atoms with Gasteiger partial charge in [0, 0.05) is 0 Å². The Bertz CT molecular complexity index is 343. The van der Waals surface area contributed by atoms with Gasteiger partial charge >= 0.3 is 6.09 Å². The van der Waals surface area contributed by atoms with E-state index in [1.807, 2.05) is 41.5 Å². The highest BCUT2D eigenvalue weighted by Crippen LogP contribution is 2.34. The first-order chi connectivity index (χ1) is 8.95. The molecular formula is C15H29NO4. The molecule has 0 spiro atoms. The zero-order chi connectivity index (χ0) is 15.6. The lowest BCUT2D eigenvalue weighted by Crippen LogP contribution is -2.51. The Labute approximate surface area is 122 Å². The van der Waals surface area contributed by atoms with E-state index in [0.29, 0.717) is 12.8 Å². The average Bonchev–Trinajstić information content (AvgIpc) is 2.56. The first-order valence-corrected chi connectivity index (χ1v) is 7.25. The molecule has 1 aliphatic carbocycles. The number of carbonyl (C=O) groups is 1. The van der Waals surface area contributed by atoms with E-state index < -0.39 is 17.2 Å². The molecule has 0 aromatic carbocycles. The quantitative estimate of drug-likeness (QED) is 0.837. The van der Waals surface area contributed by atoms with Gasteiger partial charge in [0.15, 0.2) is 0 Å². The van der Waals surface area contributed by atoms with Crippen molar-refractivity contribution in [2.75, 3.05) is 6.61 Å². The largest absolute Gasteiger partial charge is 0.444 e. The van der Waals surface area contributed by atoms with Crippen LogP contribution in [0.25, 0.3) is 0 Å². The van der Waals surface area contributed by atoms with Crippen molar-refractivity contribution in [3.05, 3.63) is 0 Å². The van der Waals surface area contributed by atoms with Gasteiger partial charge in [-0.3, -0.25) is 0 Å². The van der Waals surface area contributed by atoms with Crippen LogP contribution >= 0.6 is 0 Å². The lowest BCUT2D eigenvalue weighted by molar-refractivity contribution is -0.0601. The molecule has 2 N–H and O–H groups in total. The number of aliphatic hydroxyl groups is 1. The standard InChI is InChI=1S/C15H29NO4/c1-13(2,3)19-11-7-8-15(9-11,10-17)16-12(18)20-14(4,5)6/h11,17H,7-10H2,1-6H3,(H,16,18). The molecule has 0 aromatic rings. The predicted molar refractivity (Wildman–Crippen MR) is 77.7 cm³/mol. The van der Waals surface area contributed by atoms with E-state index in [1.54, 1.807) is 0 Å². The Kier molecular flexibility index (Phi) is 5.08. The Balaban J connectivity index is 2.60. The minimum absolute atomic E-state index is 0.0529. The van der Waals surface area contributed by atoms with Gasteiger partial charge in [-0.2, -0.15) is 0 Å². The molecule has 0 saturated heterocycles. The third kappa shape index (κ3) is 5.67. The van der Waals surface area contributed by atoms with Crippen LogP contribution in [0.2, 0.25) is 0 Å². The summed E-state index contributed by atoms with van der Waals surface area (Å²) in [6.45, 7) is 11.4. The van der Waals surface area contributed by atoms with Gasteiger partial charge in [-0.1, -0.05) is 0 Å². The molecule has 0 aromatic heterocycles. The number of alkyl carbamates (subject to hydrolysis) is 1. The number of aliphatic hydroxyl groups excluding tert-OH is 1. The van der Waals surface area contributed by atoms with Gasteiger partial charge in [-0.25, -0.2) is 4.79 Å². The topological polar surface area (TPSA) is 67.8 Å². The SMILES string of the molecule is CC(C)(C)OC(=O)NC1(CO)CCC(OC(C)(C)C)C1. The molecule has 1 saturated carbocycles. The van der Waals surface area contributed by atoms with Crippen LogP contribution in [0.3, 0.4) is 0 Å². The zero-order valence-corrected chi connectivity index (χ0v) is 13.6. The molecule has 1 amide bonds. The van der Waals surface area contributed by atoms with E-state index in [1.165, 1.54) is 0 Å². The van der Waals surface area contributed by atoms with E-state index >= 15 is 0 Å². The van der Waals surface area contributed by atoms with Gasteiger partial charge in [0.05, 0.1) is 23.9 Å². The second-order valence-electron chi connectivity index (χ2n) is 7.66. The van der Waals surface area contributed by atoms with Gasteiger partial charge in [-0.15, -0.1) is 0 Å². The average molecular weight is 287 g/mol. The van der Waals surface area contributed by atoms with E-state index in [0.717, 1.165) is 6.42 Å². The summed E-state index contributed by atoms with van der Waals surface area (Å²) in [5.74, 6) is 0. The van der Waals surface area contributed by atoms with Crippen molar-refractivity contribution in [3.63, 3.8) is 0 Å². The highest BCUT2D eigenvalue weighted by Gasteiger charge is 2.42. The van der Waals surface area contributed by atoms with Crippen molar-refractivity contribution in [2.24, 2.45) is 0 Å². The maximum atomic E-state index is 11.9. The molecule has 5 heteroatoms. The number of hydrogen-bond donors (Lipinski definition) is 2. The van der Waals surface area contributed by atoms with Gasteiger partial charge in [0.2, 0.25) is 0 Å². The van der Waals surface area contributed by atoms with E-state index in [9.17, 15) is 9.90 Å². The van der Waals surface area contributed by atoms with Crippen molar-refractivity contribution < 1.29 is 19.4 Å². The van der Waals surface area contributed by atoms with Crippen LogP contribution in [0.5, 0.6) is 0 Å². The summed E-state index contributed by atoms with van der Waals surface area (Å²) in [5, 5.41) is 12.5. The van der Waals surface area contributed by atoms with Crippen molar-refractivity contribution in [2.45, 2.75) is 83.6 Å². The van der Waals surface area contributed by atoms with Crippen LogP contribution in [0.1, 0.15) is 60.8 Å². The summed E-state index contributed by atoms with van der Waals surface area (Å²) in [5.41, 5.74) is -1.39. The van der Waals surface area contributed by atoms with Crippen LogP contribution in [0.15, 0.2) is 0 Å². The fraction of sp³-hybridized carbons (Fsp3) is 0.933. The normalized spacial score (nSPS) is 27.4. The number of ether oxygens (including phenoxy) is 2. The molecule has 1 aliphatic rings. The second kappa shape index (κ2) is 5.90. The summed E-state index contributed by atoms with van der Waals surface area (Å²) in [6.07, 6.45) is 1.71. The number of nitrogens with one attached hydrogen (secondary N) is 1. The van der Waals surface area contributed by atoms with Gasteiger partial charge in [0.25, 0.3) is 0 Å². The minimum Gasteiger partial charge on any atom is -0.444 e. The minimum atomic E-state index is -0.627.